The number of aryl methyl sites for hydroxylation is 4. The van der Waals surface area contributed by atoms with Gasteiger partial charge in [0.05, 0.1) is 0 Å². The van der Waals surface area contributed by atoms with Crippen LogP contribution < -0.4 is 16.4 Å². The van der Waals surface area contributed by atoms with Gasteiger partial charge in [0.2, 0.25) is 6.71 Å². The Hall–Kier alpha value is -6.38. The summed E-state index contributed by atoms with van der Waals surface area (Å²) in [6.07, 6.45) is 0. The lowest BCUT2D eigenvalue weighted by Gasteiger charge is -2.19. The van der Waals surface area contributed by atoms with Crippen LogP contribution in [0, 0.1) is 27.7 Å². The number of fused-ring (bicyclic) bond motifs is 2. The zero-order chi connectivity index (χ0) is 36.8. The molecule has 9 rings (SSSR count). The molecule has 0 aliphatic rings. The molecule has 0 N–H and O–H groups in total. The average Bonchev–Trinajstić information content (AvgIpc) is 3.52. The first kappa shape index (κ1) is 33.5. The van der Waals surface area contributed by atoms with Gasteiger partial charge in [0.25, 0.3) is 0 Å². The molecule has 0 saturated heterocycles. The van der Waals surface area contributed by atoms with Crippen LogP contribution in [0.4, 0.5) is 0 Å². The topological polar surface area (TPSA) is 13.1 Å². The van der Waals surface area contributed by atoms with Crippen molar-refractivity contribution in [1.29, 1.82) is 0 Å². The van der Waals surface area contributed by atoms with E-state index < -0.39 is 0 Å². The summed E-state index contributed by atoms with van der Waals surface area (Å²) in [5, 5.41) is 3.75. The van der Waals surface area contributed by atoms with Crippen molar-refractivity contribution in [3.05, 3.63) is 198 Å². The minimum atomic E-state index is 0.0547. The molecule has 1 aromatic heterocycles. The zero-order valence-corrected chi connectivity index (χ0v) is 31.2. The van der Waals surface area contributed by atoms with Crippen LogP contribution in [0.25, 0.3) is 66.2 Å². The number of rotatable bonds is 7. The standard InChI is InChI=1S/C52H41BO/c1-34-13-8-9-16-45(34)50-33-51(49-18-11-10-17-46(49)36(50)3)41-25-31-44(32-26-41)53(42-27-21-39(22-28-42)38-14-6-5-7-15-38)43-29-23-40(24-30-43)48-20-12-19-47-35(2)37(4)54-52(47)48/h5-33H,1-4H3. The molecule has 1 nitrogen and oxygen atoms in total. The van der Waals surface area contributed by atoms with Gasteiger partial charge in [-0.15, -0.1) is 0 Å². The zero-order valence-electron chi connectivity index (χ0n) is 31.2. The van der Waals surface area contributed by atoms with E-state index in [9.17, 15) is 0 Å². The first-order valence-corrected chi connectivity index (χ1v) is 18.9. The molecule has 0 unspecified atom stereocenters. The molecule has 9 aromatic rings. The predicted molar refractivity (Wildman–Crippen MR) is 232 cm³/mol. The molecule has 8 aromatic carbocycles. The minimum Gasteiger partial charge on any atom is -0.460 e. The molecule has 0 atom stereocenters. The molecule has 0 fully saturated rings. The molecular formula is C52H41BO. The number of para-hydroxylation sites is 1. The monoisotopic (exact) mass is 692 g/mol. The van der Waals surface area contributed by atoms with Gasteiger partial charge in [-0.1, -0.05) is 186 Å². The summed E-state index contributed by atoms with van der Waals surface area (Å²) in [5.41, 5.74) is 18.3. The third-order valence-electron chi connectivity index (χ3n) is 11.4. The molecule has 0 radical (unpaired) electrons. The fraction of sp³-hybridized carbons (Fsp3) is 0.0769. The lowest BCUT2D eigenvalue weighted by atomic mass is 9.37. The fourth-order valence-electron chi connectivity index (χ4n) is 8.29. The Morgan fingerprint density at radius 3 is 1.50 bits per heavy atom. The average molecular weight is 693 g/mol. The van der Waals surface area contributed by atoms with E-state index in [4.69, 9.17) is 4.42 Å². The molecule has 0 bridgehead atoms. The molecule has 258 valence electrons. The third kappa shape index (κ3) is 5.94. The second kappa shape index (κ2) is 13.9. The lowest BCUT2D eigenvalue weighted by molar-refractivity contribution is 0.576. The van der Waals surface area contributed by atoms with E-state index in [1.54, 1.807) is 0 Å². The van der Waals surface area contributed by atoms with Crippen molar-refractivity contribution in [2.75, 3.05) is 0 Å². The Morgan fingerprint density at radius 2 is 0.852 bits per heavy atom. The Bertz CT molecular complexity index is 2770. The van der Waals surface area contributed by atoms with E-state index in [0.29, 0.717) is 0 Å². The molecule has 0 amide bonds. The largest absolute Gasteiger partial charge is 0.460 e. The first-order chi connectivity index (χ1) is 26.4. The third-order valence-corrected chi connectivity index (χ3v) is 11.4. The molecule has 0 aliphatic heterocycles. The maximum absolute atomic E-state index is 6.27. The van der Waals surface area contributed by atoms with Gasteiger partial charge < -0.3 is 4.42 Å². The molecule has 0 aliphatic carbocycles. The predicted octanol–water partition coefficient (Wildman–Crippen LogP) is 12.0. The Labute approximate surface area is 318 Å². The highest BCUT2D eigenvalue weighted by molar-refractivity contribution is 6.95. The van der Waals surface area contributed by atoms with Crippen molar-refractivity contribution >= 4 is 44.8 Å². The SMILES string of the molecule is Cc1ccccc1-c1cc(-c2ccc(B(c3ccc(-c4ccccc4)cc3)c3ccc(-c4cccc5c(C)c(C)oc45)cc3)cc2)c2ccccc2c1C. The summed E-state index contributed by atoms with van der Waals surface area (Å²) in [7, 11) is 0. The second-order valence-corrected chi connectivity index (χ2v) is 14.6. The van der Waals surface area contributed by atoms with Gasteiger partial charge in [0.1, 0.15) is 11.3 Å². The van der Waals surface area contributed by atoms with Crippen LogP contribution in [0.2, 0.25) is 0 Å². The van der Waals surface area contributed by atoms with E-state index in [-0.39, 0.29) is 6.71 Å². The Kier molecular flexibility index (Phi) is 8.60. The number of furan rings is 1. The number of hydrogen-bond donors (Lipinski definition) is 0. The quantitative estimate of drug-likeness (QED) is 0.152. The number of benzene rings is 8. The van der Waals surface area contributed by atoms with Gasteiger partial charge in [-0.3, -0.25) is 0 Å². The maximum atomic E-state index is 6.27. The molecular weight excluding hydrogens is 651 g/mol. The van der Waals surface area contributed by atoms with E-state index in [1.165, 1.54) is 82.6 Å². The second-order valence-electron chi connectivity index (χ2n) is 14.6. The lowest BCUT2D eigenvalue weighted by Crippen LogP contribution is -2.51. The summed E-state index contributed by atoms with van der Waals surface area (Å²) in [4.78, 5) is 0. The van der Waals surface area contributed by atoms with Gasteiger partial charge in [0, 0.05) is 10.9 Å². The summed E-state index contributed by atoms with van der Waals surface area (Å²) in [6.45, 7) is 8.70. The molecule has 54 heavy (non-hydrogen) atoms. The van der Waals surface area contributed by atoms with Crippen molar-refractivity contribution in [3.63, 3.8) is 0 Å². The van der Waals surface area contributed by atoms with Gasteiger partial charge >= 0.3 is 0 Å². The van der Waals surface area contributed by atoms with Crippen molar-refractivity contribution in [2.24, 2.45) is 0 Å². The van der Waals surface area contributed by atoms with Gasteiger partial charge in [-0.05, 0) is 100 Å². The van der Waals surface area contributed by atoms with Gasteiger partial charge in [0.15, 0.2) is 0 Å². The van der Waals surface area contributed by atoms with Crippen molar-refractivity contribution in [1.82, 2.24) is 0 Å². The van der Waals surface area contributed by atoms with Crippen LogP contribution in [0.15, 0.2) is 180 Å². The van der Waals surface area contributed by atoms with Gasteiger partial charge in [-0.2, -0.15) is 0 Å². The van der Waals surface area contributed by atoms with Crippen molar-refractivity contribution in [3.8, 4) is 44.5 Å². The molecule has 1 heterocycles. The van der Waals surface area contributed by atoms with Crippen LogP contribution in [0.5, 0.6) is 0 Å². The highest BCUT2D eigenvalue weighted by Crippen LogP contribution is 2.38. The smallest absolute Gasteiger partial charge is 0.241 e. The van der Waals surface area contributed by atoms with E-state index in [1.807, 2.05) is 6.92 Å². The summed E-state index contributed by atoms with van der Waals surface area (Å²) in [6, 6.07) is 64.5. The van der Waals surface area contributed by atoms with Crippen molar-refractivity contribution < 1.29 is 4.42 Å². The highest BCUT2D eigenvalue weighted by atomic mass is 16.3. The Balaban J connectivity index is 1.14. The maximum Gasteiger partial charge on any atom is 0.241 e. The first-order valence-electron chi connectivity index (χ1n) is 18.9. The van der Waals surface area contributed by atoms with Crippen LogP contribution in [-0.2, 0) is 0 Å². The van der Waals surface area contributed by atoms with Crippen LogP contribution in [0.3, 0.4) is 0 Å². The Morgan fingerprint density at radius 1 is 0.352 bits per heavy atom. The van der Waals surface area contributed by atoms with E-state index >= 15 is 0 Å². The normalized spacial score (nSPS) is 11.3. The van der Waals surface area contributed by atoms with E-state index in [2.05, 4.69) is 197 Å². The van der Waals surface area contributed by atoms with E-state index in [0.717, 1.165) is 22.5 Å². The highest BCUT2D eigenvalue weighted by Gasteiger charge is 2.23. The molecule has 2 heteroatoms. The minimum absolute atomic E-state index is 0.0547. The molecule has 0 saturated carbocycles. The van der Waals surface area contributed by atoms with Crippen LogP contribution in [-0.4, -0.2) is 6.71 Å². The van der Waals surface area contributed by atoms with Crippen LogP contribution in [0.1, 0.15) is 22.5 Å². The summed E-state index contributed by atoms with van der Waals surface area (Å²) >= 11 is 0. The van der Waals surface area contributed by atoms with Crippen molar-refractivity contribution in [2.45, 2.75) is 27.7 Å². The number of hydrogen-bond acceptors (Lipinski definition) is 1. The summed E-state index contributed by atoms with van der Waals surface area (Å²) in [5.74, 6) is 0.974. The fourth-order valence-corrected chi connectivity index (χ4v) is 8.29. The summed E-state index contributed by atoms with van der Waals surface area (Å²) < 4.78 is 6.27. The van der Waals surface area contributed by atoms with Crippen LogP contribution >= 0.6 is 0 Å². The molecule has 0 spiro atoms. The van der Waals surface area contributed by atoms with Gasteiger partial charge in [-0.25, -0.2) is 0 Å².